The third kappa shape index (κ3) is 2.97. The molecule has 0 bridgehead atoms. The van der Waals surface area contributed by atoms with Gasteiger partial charge in [-0.2, -0.15) is 0 Å². The van der Waals surface area contributed by atoms with Crippen molar-refractivity contribution in [3.63, 3.8) is 0 Å². The number of thiazole rings is 1. The van der Waals surface area contributed by atoms with Crippen molar-refractivity contribution >= 4 is 27.2 Å². The highest BCUT2D eigenvalue weighted by Gasteiger charge is 2.13. The molecular formula is C16H17N3OS. The number of nitrogens with one attached hydrogen (secondary N) is 1. The number of para-hydroxylation sites is 1. The van der Waals surface area contributed by atoms with Crippen LogP contribution < -0.4 is 10.1 Å². The highest BCUT2D eigenvalue weighted by molar-refractivity contribution is 7.18. The SMILES string of the molecule is CCOc1ncccc1NC(C)c1nc2ccccc2s1. The van der Waals surface area contributed by atoms with Crippen LogP contribution in [0, 0.1) is 0 Å². The lowest BCUT2D eigenvalue weighted by atomic mass is 10.3. The van der Waals surface area contributed by atoms with Crippen LogP contribution in [-0.4, -0.2) is 16.6 Å². The number of nitrogens with zero attached hydrogens (tertiary/aromatic N) is 2. The monoisotopic (exact) mass is 299 g/mol. The van der Waals surface area contributed by atoms with E-state index in [0.717, 1.165) is 16.2 Å². The van der Waals surface area contributed by atoms with E-state index in [4.69, 9.17) is 4.74 Å². The van der Waals surface area contributed by atoms with E-state index in [0.29, 0.717) is 12.5 Å². The molecule has 5 heteroatoms. The molecule has 0 radical (unpaired) electrons. The zero-order valence-electron chi connectivity index (χ0n) is 12.0. The van der Waals surface area contributed by atoms with Crippen molar-refractivity contribution in [1.29, 1.82) is 0 Å². The molecule has 3 aromatic rings. The lowest BCUT2D eigenvalue weighted by Gasteiger charge is -2.15. The van der Waals surface area contributed by atoms with Gasteiger partial charge in [0, 0.05) is 6.20 Å². The zero-order valence-corrected chi connectivity index (χ0v) is 12.9. The van der Waals surface area contributed by atoms with Crippen LogP contribution in [0.2, 0.25) is 0 Å². The summed E-state index contributed by atoms with van der Waals surface area (Å²) in [5.74, 6) is 0.632. The first-order valence-electron chi connectivity index (χ1n) is 6.97. The van der Waals surface area contributed by atoms with Gasteiger partial charge >= 0.3 is 0 Å². The summed E-state index contributed by atoms with van der Waals surface area (Å²) in [4.78, 5) is 8.94. The number of hydrogen-bond donors (Lipinski definition) is 1. The molecule has 0 spiro atoms. The van der Waals surface area contributed by atoms with Gasteiger partial charge in [-0.15, -0.1) is 11.3 Å². The lowest BCUT2D eigenvalue weighted by Crippen LogP contribution is -2.08. The van der Waals surface area contributed by atoms with Crippen LogP contribution in [0.1, 0.15) is 24.9 Å². The second-order valence-corrected chi connectivity index (χ2v) is 5.74. The maximum absolute atomic E-state index is 5.54. The minimum Gasteiger partial charge on any atom is -0.476 e. The van der Waals surface area contributed by atoms with Crippen molar-refractivity contribution in [2.45, 2.75) is 19.9 Å². The minimum atomic E-state index is 0.103. The fourth-order valence-corrected chi connectivity index (χ4v) is 3.09. The molecule has 108 valence electrons. The zero-order chi connectivity index (χ0) is 14.7. The van der Waals surface area contributed by atoms with Crippen LogP contribution in [0.5, 0.6) is 5.88 Å². The van der Waals surface area contributed by atoms with E-state index in [1.807, 2.05) is 37.3 Å². The Balaban J connectivity index is 1.84. The van der Waals surface area contributed by atoms with Gasteiger partial charge in [-0.05, 0) is 38.1 Å². The number of hydrogen-bond acceptors (Lipinski definition) is 5. The van der Waals surface area contributed by atoms with Crippen LogP contribution in [0.25, 0.3) is 10.2 Å². The second kappa shape index (κ2) is 6.10. The molecule has 0 aliphatic carbocycles. The van der Waals surface area contributed by atoms with Crippen molar-refractivity contribution < 1.29 is 4.74 Å². The maximum atomic E-state index is 5.54. The molecule has 21 heavy (non-hydrogen) atoms. The van der Waals surface area contributed by atoms with Gasteiger partial charge in [-0.25, -0.2) is 9.97 Å². The average molecular weight is 299 g/mol. The predicted octanol–water partition coefficient (Wildman–Crippen LogP) is 4.26. The summed E-state index contributed by atoms with van der Waals surface area (Å²) in [5.41, 5.74) is 1.94. The van der Waals surface area contributed by atoms with Crippen molar-refractivity contribution in [1.82, 2.24) is 9.97 Å². The van der Waals surface area contributed by atoms with Gasteiger partial charge in [0.15, 0.2) is 0 Å². The summed E-state index contributed by atoms with van der Waals surface area (Å²) in [6, 6.07) is 12.2. The van der Waals surface area contributed by atoms with Gasteiger partial charge in [0.1, 0.15) is 5.01 Å². The van der Waals surface area contributed by atoms with Gasteiger partial charge in [-0.1, -0.05) is 12.1 Å². The third-order valence-corrected chi connectivity index (χ3v) is 4.32. The third-order valence-electron chi connectivity index (χ3n) is 3.11. The molecule has 1 N–H and O–H groups in total. The number of aromatic nitrogens is 2. The molecule has 1 atom stereocenters. The summed E-state index contributed by atoms with van der Waals surface area (Å²) in [6.45, 7) is 4.65. The number of anilines is 1. The minimum absolute atomic E-state index is 0.103. The number of benzene rings is 1. The van der Waals surface area contributed by atoms with E-state index in [9.17, 15) is 0 Å². The number of pyridine rings is 1. The van der Waals surface area contributed by atoms with Crippen LogP contribution >= 0.6 is 11.3 Å². The Labute approximate surface area is 127 Å². The van der Waals surface area contributed by atoms with Gasteiger partial charge in [0.05, 0.1) is 28.6 Å². The molecule has 4 nitrogen and oxygen atoms in total. The molecule has 0 aliphatic rings. The molecule has 2 aromatic heterocycles. The van der Waals surface area contributed by atoms with Crippen molar-refractivity contribution in [3.8, 4) is 5.88 Å². The Morgan fingerprint density at radius 3 is 2.90 bits per heavy atom. The highest BCUT2D eigenvalue weighted by atomic mass is 32.1. The number of rotatable bonds is 5. The van der Waals surface area contributed by atoms with Crippen molar-refractivity contribution in [3.05, 3.63) is 47.6 Å². The standard InChI is InChI=1S/C16H17N3OS/c1-3-20-15-13(8-6-10-17-15)18-11(2)16-19-12-7-4-5-9-14(12)21-16/h4-11,18H,3H2,1-2H3. The van der Waals surface area contributed by atoms with Gasteiger partial charge in [0.25, 0.3) is 0 Å². The van der Waals surface area contributed by atoms with Crippen LogP contribution in [0.4, 0.5) is 5.69 Å². The lowest BCUT2D eigenvalue weighted by molar-refractivity contribution is 0.328. The molecule has 0 saturated carbocycles. The summed E-state index contributed by atoms with van der Waals surface area (Å²) in [5, 5.41) is 4.49. The van der Waals surface area contributed by atoms with E-state index in [1.165, 1.54) is 4.70 Å². The molecule has 0 saturated heterocycles. The fraction of sp³-hybridized carbons (Fsp3) is 0.250. The van der Waals surface area contributed by atoms with Gasteiger partial charge in [0.2, 0.25) is 5.88 Å². The van der Waals surface area contributed by atoms with E-state index < -0.39 is 0 Å². The summed E-state index contributed by atoms with van der Waals surface area (Å²) < 4.78 is 6.75. The average Bonchev–Trinajstić information content (AvgIpc) is 2.93. The van der Waals surface area contributed by atoms with E-state index >= 15 is 0 Å². The molecule has 1 unspecified atom stereocenters. The Hall–Kier alpha value is -2.14. The Morgan fingerprint density at radius 2 is 2.10 bits per heavy atom. The molecule has 3 rings (SSSR count). The van der Waals surface area contributed by atoms with E-state index in [-0.39, 0.29) is 6.04 Å². The van der Waals surface area contributed by atoms with E-state index in [1.54, 1.807) is 17.5 Å². The van der Waals surface area contributed by atoms with Gasteiger partial charge < -0.3 is 10.1 Å². The largest absolute Gasteiger partial charge is 0.476 e. The topological polar surface area (TPSA) is 47.0 Å². The summed E-state index contributed by atoms with van der Waals surface area (Å²) in [7, 11) is 0. The molecule has 0 amide bonds. The predicted molar refractivity (Wildman–Crippen MR) is 87.1 cm³/mol. The molecule has 0 aliphatic heterocycles. The molecule has 0 fully saturated rings. The summed E-state index contributed by atoms with van der Waals surface area (Å²) >= 11 is 1.71. The van der Waals surface area contributed by atoms with E-state index in [2.05, 4.69) is 28.3 Å². The van der Waals surface area contributed by atoms with Crippen LogP contribution in [0.15, 0.2) is 42.6 Å². The molecule has 2 heterocycles. The van der Waals surface area contributed by atoms with Crippen molar-refractivity contribution in [2.75, 3.05) is 11.9 Å². The highest BCUT2D eigenvalue weighted by Crippen LogP contribution is 2.30. The first-order valence-corrected chi connectivity index (χ1v) is 7.79. The fourth-order valence-electron chi connectivity index (χ4n) is 2.12. The molecular weight excluding hydrogens is 282 g/mol. The van der Waals surface area contributed by atoms with Crippen LogP contribution in [-0.2, 0) is 0 Å². The van der Waals surface area contributed by atoms with Crippen LogP contribution in [0.3, 0.4) is 0 Å². The summed E-state index contributed by atoms with van der Waals surface area (Å²) in [6.07, 6.45) is 1.73. The Kier molecular flexibility index (Phi) is 4.01. The van der Waals surface area contributed by atoms with Crippen molar-refractivity contribution in [2.24, 2.45) is 0 Å². The Bertz CT molecular complexity index is 708. The quantitative estimate of drug-likeness (QED) is 0.764. The second-order valence-electron chi connectivity index (χ2n) is 4.67. The number of fused-ring (bicyclic) bond motifs is 1. The van der Waals surface area contributed by atoms with Gasteiger partial charge in [-0.3, -0.25) is 0 Å². The maximum Gasteiger partial charge on any atom is 0.237 e. The number of ether oxygens (including phenoxy) is 1. The molecule has 1 aromatic carbocycles. The Morgan fingerprint density at radius 1 is 1.24 bits per heavy atom. The first-order chi connectivity index (χ1) is 10.3. The smallest absolute Gasteiger partial charge is 0.237 e. The normalized spacial score (nSPS) is 12.3. The first kappa shape index (κ1) is 13.8.